The number of amides is 1. The summed E-state index contributed by atoms with van der Waals surface area (Å²) in [5, 5.41) is 10.3. The molecule has 0 aromatic heterocycles. The molecular formula is C50H58N2O5. The van der Waals surface area contributed by atoms with Crippen molar-refractivity contribution in [2.45, 2.75) is 120 Å². The highest BCUT2D eigenvalue weighted by atomic mass is 16.6. The summed E-state index contributed by atoms with van der Waals surface area (Å²) in [5.74, 6) is 1.80. The zero-order chi connectivity index (χ0) is 38.9. The van der Waals surface area contributed by atoms with Crippen LogP contribution in [-0.2, 0) is 27.8 Å². The number of benzene rings is 4. The Bertz CT molecular complexity index is 1980. The molecule has 1 amide bonds. The average Bonchev–Trinajstić information content (AvgIpc) is 3.81. The molecule has 3 aliphatic carbocycles. The van der Waals surface area contributed by atoms with Crippen LogP contribution in [-0.4, -0.2) is 70.7 Å². The van der Waals surface area contributed by atoms with E-state index >= 15 is 4.79 Å². The molecule has 7 nitrogen and oxygen atoms in total. The minimum Gasteiger partial charge on any atom is -0.483 e. The van der Waals surface area contributed by atoms with Crippen molar-refractivity contribution in [1.29, 1.82) is 0 Å². The summed E-state index contributed by atoms with van der Waals surface area (Å²) in [6.45, 7) is 3.90. The largest absolute Gasteiger partial charge is 0.483 e. The summed E-state index contributed by atoms with van der Waals surface area (Å²) in [7, 11) is 0. The number of carbonyl (C=O) groups is 2. The van der Waals surface area contributed by atoms with Crippen LogP contribution < -0.4 is 9.47 Å². The maximum Gasteiger partial charge on any atom is 0.308 e. The molecule has 2 saturated carbocycles. The predicted octanol–water partition coefficient (Wildman–Crippen LogP) is 8.64. The van der Waals surface area contributed by atoms with E-state index in [0.717, 1.165) is 76.6 Å². The fourth-order valence-corrected chi connectivity index (χ4v) is 11.4. The lowest BCUT2D eigenvalue weighted by molar-refractivity contribution is -0.143. The molecule has 1 spiro atoms. The summed E-state index contributed by atoms with van der Waals surface area (Å²) in [6.07, 6.45) is 11.2. The van der Waals surface area contributed by atoms with Gasteiger partial charge in [-0.15, -0.1) is 0 Å². The zero-order valence-corrected chi connectivity index (χ0v) is 33.4. The Morgan fingerprint density at radius 2 is 1.54 bits per heavy atom. The van der Waals surface area contributed by atoms with Gasteiger partial charge < -0.3 is 19.5 Å². The van der Waals surface area contributed by atoms with Gasteiger partial charge in [-0.05, 0) is 92.1 Å². The van der Waals surface area contributed by atoms with E-state index in [1.165, 1.54) is 47.6 Å². The smallest absolute Gasteiger partial charge is 0.308 e. The number of nitrogens with zero attached hydrogens (tertiary/aromatic N) is 2. The Hall–Kier alpha value is -4.46. The number of aliphatic hydroxyl groups is 1. The zero-order valence-electron chi connectivity index (χ0n) is 33.4. The fourth-order valence-electron chi connectivity index (χ4n) is 11.4. The van der Waals surface area contributed by atoms with Gasteiger partial charge in [0, 0.05) is 55.3 Å². The van der Waals surface area contributed by atoms with Crippen molar-refractivity contribution in [3.63, 3.8) is 0 Å². The monoisotopic (exact) mass is 766 g/mol. The van der Waals surface area contributed by atoms with Gasteiger partial charge >= 0.3 is 5.97 Å². The summed E-state index contributed by atoms with van der Waals surface area (Å²) in [4.78, 5) is 32.3. The number of piperidine rings is 1. The summed E-state index contributed by atoms with van der Waals surface area (Å²) in [6, 6.07) is 36.3. The van der Waals surface area contributed by atoms with Crippen molar-refractivity contribution in [2.24, 2.45) is 11.8 Å². The molecule has 2 heterocycles. The molecule has 7 heteroatoms. The Morgan fingerprint density at radius 1 is 0.877 bits per heavy atom. The normalized spacial score (nSPS) is 26.7. The van der Waals surface area contributed by atoms with Crippen molar-refractivity contribution in [3.05, 3.63) is 131 Å². The molecule has 2 bridgehead atoms. The second-order valence-corrected chi connectivity index (χ2v) is 17.6. The molecule has 57 heavy (non-hydrogen) atoms. The summed E-state index contributed by atoms with van der Waals surface area (Å²) in [5.41, 5.74) is 6.03. The van der Waals surface area contributed by atoms with Gasteiger partial charge in [-0.25, -0.2) is 0 Å². The first-order valence-electron chi connectivity index (χ1n) is 21.8. The van der Waals surface area contributed by atoms with Gasteiger partial charge in [0.1, 0.15) is 6.10 Å². The first kappa shape index (κ1) is 38.1. The van der Waals surface area contributed by atoms with E-state index in [1.54, 1.807) is 0 Å². The minimum absolute atomic E-state index is 0.00595. The maximum absolute atomic E-state index is 15.0. The number of hydrogen-bond acceptors (Lipinski definition) is 6. The standard InChI is InChI=1S/C50H58N2O5/c1-34(53)56-45-27-24-38-30-43-41-25-26-42(49-50(41,47(38)48(45)57-49)28-29-51(43)32-39-31-44(39)54)52(33-40(36-19-11-6-12-20-36)37-21-13-7-14-22-37)46(55)23-15-4-2-3-8-16-35-17-9-5-10-18-35/h5-7,9-14,17-22,24,27,39-44,49,54H,2-4,8,15-16,23,25-26,28-33H2,1H3/t39?,41-,42-,43+,44?,49-,50-/m0/s1. The third-order valence-electron chi connectivity index (χ3n) is 14.2. The molecule has 298 valence electrons. The number of rotatable bonds is 16. The number of esters is 1. The third kappa shape index (κ3) is 7.54. The molecule has 0 radical (unpaired) electrons. The van der Waals surface area contributed by atoms with Crippen LogP contribution in [0.2, 0.25) is 0 Å². The van der Waals surface area contributed by atoms with E-state index in [0.29, 0.717) is 36.6 Å². The van der Waals surface area contributed by atoms with Crippen molar-refractivity contribution in [1.82, 2.24) is 9.80 Å². The highest BCUT2D eigenvalue weighted by Crippen LogP contribution is 2.64. The summed E-state index contributed by atoms with van der Waals surface area (Å²) < 4.78 is 13.1. The Labute approximate surface area is 338 Å². The molecule has 5 aliphatic rings. The molecule has 2 unspecified atom stereocenters. The molecule has 1 saturated heterocycles. The Morgan fingerprint density at radius 3 is 2.23 bits per heavy atom. The van der Waals surface area contributed by atoms with Crippen molar-refractivity contribution < 1.29 is 24.2 Å². The topological polar surface area (TPSA) is 79.3 Å². The van der Waals surface area contributed by atoms with Gasteiger partial charge in [-0.3, -0.25) is 14.5 Å². The molecule has 3 fully saturated rings. The van der Waals surface area contributed by atoms with Crippen molar-refractivity contribution in [2.75, 3.05) is 19.6 Å². The van der Waals surface area contributed by atoms with Crippen LogP contribution >= 0.6 is 0 Å². The van der Waals surface area contributed by atoms with Crippen LogP contribution in [0, 0.1) is 11.8 Å². The van der Waals surface area contributed by atoms with Gasteiger partial charge in [0.05, 0.1) is 12.1 Å². The van der Waals surface area contributed by atoms with Gasteiger partial charge in [-0.1, -0.05) is 116 Å². The SMILES string of the molecule is CC(=O)Oc1ccc2c3c1O[C@H]1[C@@H](N(CC(c4ccccc4)c4ccccc4)C(=O)CCCCCCCc4ccccc4)CC[C@H]4[C@@H](C2)N(CC2CC2O)CC[C@@]341. The molecule has 7 atom stereocenters. The predicted molar refractivity (Wildman–Crippen MR) is 222 cm³/mol. The highest BCUT2D eigenvalue weighted by molar-refractivity contribution is 5.77. The van der Waals surface area contributed by atoms with Crippen LogP contribution in [0.25, 0.3) is 0 Å². The highest BCUT2D eigenvalue weighted by Gasteiger charge is 2.67. The number of likely N-dealkylation sites (tertiary alicyclic amines) is 1. The fraction of sp³-hybridized carbons (Fsp3) is 0.480. The number of aliphatic hydroxyl groups excluding tert-OH is 1. The minimum atomic E-state index is -0.354. The number of carbonyl (C=O) groups excluding carboxylic acids is 2. The van der Waals surface area contributed by atoms with E-state index < -0.39 is 0 Å². The van der Waals surface area contributed by atoms with Gasteiger partial charge in [0.2, 0.25) is 5.91 Å². The molecular weight excluding hydrogens is 709 g/mol. The average molecular weight is 767 g/mol. The molecule has 1 N–H and O–H groups in total. The van der Waals surface area contributed by atoms with E-state index in [2.05, 4.69) is 107 Å². The lowest BCUT2D eigenvalue weighted by Gasteiger charge is -2.60. The van der Waals surface area contributed by atoms with E-state index in [4.69, 9.17) is 9.47 Å². The lowest BCUT2D eigenvalue weighted by Crippen LogP contribution is -2.69. The Kier molecular flexibility index (Phi) is 11.0. The van der Waals surface area contributed by atoms with Crippen LogP contribution in [0.15, 0.2) is 103 Å². The molecule has 2 aliphatic heterocycles. The number of aryl methyl sites for hydroxylation is 1. The van der Waals surface area contributed by atoms with E-state index in [9.17, 15) is 9.90 Å². The van der Waals surface area contributed by atoms with Crippen LogP contribution in [0.4, 0.5) is 0 Å². The second kappa shape index (κ2) is 16.4. The molecule has 9 rings (SSSR count). The van der Waals surface area contributed by atoms with Gasteiger partial charge in [0.25, 0.3) is 0 Å². The first-order chi connectivity index (χ1) is 27.9. The lowest BCUT2D eigenvalue weighted by atomic mass is 9.51. The second-order valence-electron chi connectivity index (χ2n) is 17.6. The van der Waals surface area contributed by atoms with Crippen LogP contribution in [0.5, 0.6) is 11.5 Å². The first-order valence-corrected chi connectivity index (χ1v) is 21.8. The number of hydrogen-bond donors (Lipinski definition) is 1. The van der Waals surface area contributed by atoms with Gasteiger partial charge in [-0.2, -0.15) is 0 Å². The van der Waals surface area contributed by atoms with Crippen LogP contribution in [0.1, 0.15) is 105 Å². The molecule has 4 aromatic rings. The van der Waals surface area contributed by atoms with Crippen LogP contribution in [0.3, 0.4) is 0 Å². The third-order valence-corrected chi connectivity index (χ3v) is 14.2. The maximum atomic E-state index is 15.0. The van der Waals surface area contributed by atoms with E-state index in [-0.39, 0.29) is 41.5 Å². The van der Waals surface area contributed by atoms with Crippen molar-refractivity contribution >= 4 is 11.9 Å². The van der Waals surface area contributed by atoms with Gasteiger partial charge in [0.15, 0.2) is 11.5 Å². The van der Waals surface area contributed by atoms with Crippen molar-refractivity contribution in [3.8, 4) is 11.5 Å². The van der Waals surface area contributed by atoms with E-state index in [1.807, 2.05) is 6.07 Å². The molecule has 4 aromatic carbocycles. The quantitative estimate of drug-likeness (QED) is 0.0699. The number of unbranched alkanes of at least 4 members (excludes halogenated alkanes) is 4. The summed E-state index contributed by atoms with van der Waals surface area (Å²) >= 11 is 0. The Balaban J connectivity index is 1.02. The number of ether oxygens (including phenoxy) is 2.